The van der Waals surface area contributed by atoms with Gasteiger partial charge in [-0.25, -0.2) is 14.4 Å². The third-order valence-corrected chi connectivity index (χ3v) is 16.1. The highest BCUT2D eigenvalue weighted by Gasteiger charge is 2.43. The van der Waals surface area contributed by atoms with Crippen LogP contribution in [0.25, 0.3) is 0 Å². The van der Waals surface area contributed by atoms with Gasteiger partial charge in [0.1, 0.15) is 31.5 Å². The van der Waals surface area contributed by atoms with Crippen LogP contribution in [0.1, 0.15) is 252 Å². The van der Waals surface area contributed by atoms with Crippen LogP contribution in [0.3, 0.4) is 0 Å². The number of esters is 6. The molecule has 3 fully saturated rings. The Balaban J connectivity index is 1.34. The summed E-state index contributed by atoms with van der Waals surface area (Å²) in [6.07, 6.45) is 26.1. The van der Waals surface area contributed by atoms with Gasteiger partial charge in [-0.3, -0.25) is 14.4 Å². The molecule has 3 aliphatic heterocycles. The summed E-state index contributed by atoms with van der Waals surface area (Å²) in [6.45, 7) is 16.2. The highest BCUT2D eigenvalue weighted by molar-refractivity contribution is 5.82. The lowest BCUT2D eigenvalue weighted by molar-refractivity contribution is -0.167. The van der Waals surface area contributed by atoms with E-state index in [-0.39, 0.29) is 69.1 Å². The van der Waals surface area contributed by atoms with Crippen molar-refractivity contribution in [2.75, 3.05) is 13.2 Å². The summed E-state index contributed by atoms with van der Waals surface area (Å²) in [6, 6.07) is 0. The van der Waals surface area contributed by atoms with Gasteiger partial charge in [-0.2, -0.15) is 0 Å². The van der Waals surface area contributed by atoms with E-state index in [9.17, 15) is 44.1 Å². The van der Waals surface area contributed by atoms with E-state index in [0.29, 0.717) is 57.8 Å². The van der Waals surface area contributed by atoms with Crippen LogP contribution in [0.5, 0.6) is 0 Å². The van der Waals surface area contributed by atoms with Crippen LogP contribution in [-0.2, 0) is 71.4 Å². The summed E-state index contributed by atoms with van der Waals surface area (Å²) in [7, 11) is 0. The van der Waals surface area contributed by atoms with E-state index in [1.807, 2.05) is 0 Å². The maximum atomic E-state index is 13.1. The van der Waals surface area contributed by atoms with Crippen LogP contribution < -0.4 is 0 Å². The van der Waals surface area contributed by atoms with Crippen molar-refractivity contribution in [3.63, 3.8) is 0 Å². The molecule has 3 rings (SSSR count). The van der Waals surface area contributed by atoms with Crippen molar-refractivity contribution in [2.45, 2.75) is 331 Å². The summed E-state index contributed by atoms with van der Waals surface area (Å²) in [5.41, 5.74) is 0. The van der Waals surface area contributed by atoms with Gasteiger partial charge in [0.15, 0.2) is 6.10 Å². The molecule has 0 aromatic heterocycles. The third-order valence-electron chi connectivity index (χ3n) is 16.1. The molecular formula is C66H110O18. The fraction of sp³-hybridized carbons (Fsp3) is 0.818. The number of aliphatic hydroxyl groups excluding tert-OH is 3. The minimum Gasteiger partial charge on any atom is -0.462 e. The van der Waals surface area contributed by atoms with Gasteiger partial charge in [-0.05, 0) is 77.0 Å². The third kappa shape index (κ3) is 34.8. The molecule has 0 aromatic carbocycles. The molecule has 3 heterocycles. The predicted molar refractivity (Wildman–Crippen MR) is 319 cm³/mol. The van der Waals surface area contributed by atoms with E-state index >= 15 is 0 Å². The zero-order valence-electron chi connectivity index (χ0n) is 51.7. The van der Waals surface area contributed by atoms with Crippen LogP contribution in [0.4, 0.5) is 0 Å². The van der Waals surface area contributed by atoms with Gasteiger partial charge < -0.3 is 58.0 Å². The van der Waals surface area contributed by atoms with E-state index in [2.05, 4.69) is 40.5 Å². The minimum absolute atomic E-state index is 0.0543. The van der Waals surface area contributed by atoms with E-state index in [1.54, 1.807) is 0 Å². The molecule has 18 nitrogen and oxygen atoms in total. The quantitative estimate of drug-likeness (QED) is 0.0168. The monoisotopic (exact) mass is 1190 g/mol. The molecule has 0 spiro atoms. The van der Waals surface area contributed by atoms with Crippen molar-refractivity contribution < 1.29 is 86.7 Å². The van der Waals surface area contributed by atoms with Crippen molar-refractivity contribution in [2.24, 2.45) is 0 Å². The first-order valence-corrected chi connectivity index (χ1v) is 32.6. The summed E-state index contributed by atoms with van der Waals surface area (Å²) in [5, 5.41) is 32.5. The highest BCUT2D eigenvalue weighted by atomic mass is 16.6. The highest BCUT2D eigenvalue weighted by Crippen LogP contribution is 2.35. The van der Waals surface area contributed by atoms with Crippen LogP contribution in [0.15, 0.2) is 38.0 Å². The number of aliphatic hydroxyl groups is 3. The molecule has 84 heavy (non-hydrogen) atoms. The average Bonchev–Trinajstić information content (AvgIpc) is 4.42. The fourth-order valence-corrected chi connectivity index (χ4v) is 10.8. The summed E-state index contributed by atoms with van der Waals surface area (Å²) in [4.78, 5) is 74.3. The minimum atomic E-state index is -0.941. The number of rotatable bonds is 56. The van der Waals surface area contributed by atoms with Crippen molar-refractivity contribution in [1.82, 2.24) is 0 Å². The van der Waals surface area contributed by atoms with E-state index < -0.39 is 78.5 Å². The second kappa shape index (κ2) is 45.1. The van der Waals surface area contributed by atoms with Gasteiger partial charge >= 0.3 is 35.8 Å². The number of carbonyl (C=O) groups is 6. The van der Waals surface area contributed by atoms with Gasteiger partial charge in [0.05, 0.1) is 54.9 Å². The summed E-state index contributed by atoms with van der Waals surface area (Å²) < 4.78 is 50.6. The summed E-state index contributed by atoms with van der Waals surface area (Å²) in [5.74, 6) is -2.89. The van der Waals surface area contributed by atoms with Crippen molar-refractivity contribution in [3.05, 3.63) is 38.0 Å². The Morgan fingerprint density at radius 1 is 0.381 bits per heavy atom. The molecule has 3 aliphatic rings. The Kier molecular flexibility index (Phi) is 39.8. The summed E-state index contributed by atoms with van der Waals surface area (Å²) >= 11 is 0. The van der Waals surface area contributed by atoms with Gasteiger partial charge in [-0.1, -0.05) is 156 Å². The van der Waals surface area contributed by atoms with Crippen LogP contribution in [0, 0.1) is 0 Å². The maximum absolute atomic E-state index is 13.1. The van der Waals surface area contributed by atoms with E-state index in [1.165, 1.54) is 0 Å². The average molecular weight is 1190 g/mol. The molecule has 0 amide bonds. The largest absolute Gasteiger partial charge is 0.462 e. The zero-order valence-corrected chi connectivity index (χ0v) is 51.7. The first-order valence-electron chi connectivity index (χ1n) is 32.6. The Morgan fingerprint density at radius 3 is 0.964 bits per heavy atom. The smallest absolute Gasteiger partial charge is 0.330 e. The number of carbonyl (C=O) groups excluding carboxylic acids is 6. The molecule has 0 aliphatic carbocycles. The number of unbranched alkanes of at least 4 members (excludes halogenated alkanes) is 18. The standard InChI is InChI=1S/C66H110O18/c1-7-13-25-34-52(82-61(70)10-4)49(67)43-58-55(79-58)37-28-19-16-22-31-40-64(73)76-46-48(78-66(75)42-33-24-18-21-30-39-57-60(81-57)45-51(69)54(36-27-15-9-3)84-63(72)12-6)47-77-65(74)41-32-23-17-20-29-38-56-59(80-56)44-50(68)53(35-26-14-8-2)83-62(71)11-5/h10-12,48-60,67-69H,4-9,13-47H2,1-3H3. The molecular weight excluding hydrogens is 1080 g/mol. The molecule has 0 radical (unpaired) electrons. The van der Waals surface area contributed by atoms with Crippen molar-refractivity contribution >= 4 is 35.8 Å². The first kappa shape index (κ1) is 74.1. The number of hydrogen-bond donors (Lipinski definition) is 3. The van der Waals surface area contributed by atoms with Crippen LogP contribution >= 0.6 is 0 Å². The molecule has 3 saturated heterocycles. The molecule has 0 aromatic rings. The molecule has 0 saturated carbocycles. The Bertz CT molecular complexity index is 1790. The van der Waals surface area contributed by atoms with Crippen LogP contribution in [-0.4, -0.2) is 144 Å². The number of hydrogen-bond acceptors (Lipinski definition) is 18. The normalized spacial score (nSPS) is 21.1. The lowest BCUT2D eigenvalue weighted by Gasteiger charge is -2.22. The second-order valence-corrected chi connectivity index (χ2v) is 23.5. The Morgan fingerprint density at radius 2 is 0.667 bits per heavy atom. The fourth-order valence-electron chi connectivity index (χ4n) is 10.8. The lowest BCUT2D eigenvalue weighted by Crippen LogP contribution is -2.32. The second-order valence-electron chi connectivity index (χ2n) is 23.5. The van der Waals surface area contributed by atoms with Crippen LogP contribution in [0.2, 0.25) is 0 Å². The first-order chi connectivity index (χ1) is 40.6. The van der Waals surface area contributed by atoms with Gasteiger partial charge in [0.25, 0.3) is 0 Å². The Labute approximate surface area is 503 Å². The SMILES string of the molecule is C=CC(=O)OC(CCCCC)C(O)CC1OC1CCCCCCCC(=O)OCC(COC(=O)CCCCCCCC1OC1CC(O)C(CCCCC)OC(=O)C=C)OC(=O)CCCCCCCC1OC1CC(O)C(CCCCC)OC(=O)C=C. The maximum Gasteiger partial charge on any atom is 0.330 e. The Hall–Kier alpha value is -4.20. The topological polar surface area (TPSA) is 256 Å². The molecule has 482 valence electrons. The molecule has 3 N–H and O–H groups in total. The van der Waals surface area contributed by atoms with Crippen molar-refractivity contribution in [3.8, 4) is 0 Å². The number of epoxide rings is 3. The molecule has 12 unspecified atom stereocenters. The predicted octanol–water partition coefficient (Wildman–Crippen LogP) is 11.8. The van der Waals surface area contributed by atoms with E-state index in [4.69, 9.17) is 42.6 Å². The van der Waals surface area contributed by atoms with Gasteiger partial charge in [-0.15, -0.1) is 0 Å². The number of ether oxygens (including phenoxy) is 9. The molecule has 12 atom stereocenters. The molecule has 0 bridgehead atoms. The van der Waals surface area contributed by atoms with Crippen molar-refractivity contribution in [1.29, 1.82) is 0 Å². The van der Waals surface area contributed by atoms with Gasteiger partial charge in [0, 0.05) is 56.8 Å². The van der Waals surface area contributed by atoms with E-state index in [0.717, 1.165) is 172 Å². The van der Waals surface area contributed by atoms with Gasteiger partial charge in [0.2, 0.25) is 0 Å². The molecule has 18 heteroatoms. The lowest BCUT2D eigenvalue weighted by atomic mass is 9.99. The zero-order chi connectivity index (χ0) is 61.3.